The Morgan fingerprint density at radius 3 is 2.81 bits per heavy atom. The smallest absolute Gasteiger partial charge is 0.323 e. The minimum atomic E-state index is -0.929. The number of hydrogen-bond acceptors (Lipinski definition) is 6. The fourth-order valence-electron chi connectivity index (χ4n) is 4.51. The van der Waals surface area contributed by atoms with Crippen LogP contribution in [0.25, 0.3) is 11.0 Å². The molecule has 0 unspecified atom stereocenters. The van der Waals surface area contributed by atoms with E-state index in [1.807, 2.05) is 6.92 Å². The Balaban J connectivity index is 1.44. The molecule has 4 N–H and O–H groups in total. The molecule has 2 atom stereocenters. The van der Waals surface area contributed by atoms with E-state index in [2.05, 4.69) is 15.3 Å². The molecule has 1 aromatic carbocycles. The number of aromatic nitrogens is 3. The molecule has 11 heteroatoms. The molecule has 2 aliphatic rings. The standard InChI is InChI=1S/C21H21N5O6/c1-10-8-32-21(2)9-25-7-12(16(27)17(28)15(25)19(30)26(10)21)18(29)22-6-11-3-4-13-14(5-11)24-20(31)23-13/h3-5,7,10,28H,6,8-9H2,1-2H3,(H,22,29)(H2,23,24,31)/t10-,21+/m0/s1. The molecule has 0 radical (unpaired) electrons. The number of ether oxygens (including phenoxy) is 1. The van der Waals surface area contributed by atoms with Crippen LogP contribution in [0.1, 0.15) is 40.3 Å². The summed E-state index contributed by atoms with van der Waals surface area (Å²) < 4.78 is 7.19. The highest BCUT2D eigenvalue weighted by molar-refractivity contribution is 5.99. The summed E-state index contributed by atoms with van der Waals surface area (Å²) in [7, 11) is 0. The second-order valence-corrected chi connectivity index (χ2v) is 8.35. The van der Waals surface area contributed by atoms with E-state index in [4.69, 9.17) is 4.74 Å². The van der Waals surface area contributed by atoms with Gasteiger partial charge in [-0.15, -0.1) is 0 Å². The predicted octanol–water partition coefficient (Wildman–Crippen LogP) is 0.244. The molecule has 2 aliphatic heterocycles. The minimum Gasteiger partial charge on any atom is -0.503 e. The van der Waals surface area contributed by atoms with Crippen LogP contribution >= 0.6 is 0 Å². The summed E-state index contributed by atoms with van der Waals surface area (Å²) in [4.78, 5) is 56.6. The van der Waals surface area contributed by atoms with Crippen molar-refractivity contribution in [1.82, 2.24) is 24.8 Å². The Hall–Kier alpha value is -3.86. The van der Waals surface area contributed by atoms with E-state index in [0.29, 0.717) is 23.2 Å². The zero-order chi connectivity index (χ0) is 22.8. The predicted molar refractivity (Wildman–Crippen MR) is 112 cm³/mol. The topological polar surface area (TPSA) is 150 Å². The Bertz CT molecular complexity index is 1400. The van der Waals surface area contributed by atoms with Gasteiger partial charge in [-0.1, -0.05) is 6.07 Å². The molecular formula is C21H21N5O6. The first-order valence-corrected chi connectivity index (χ1v) is 10.1. The lowest BCUT2D eigenvalue weighted by molar-refractivity contribution is -0.0752. The number of fused-ring (bicyclic) bond motifs is 3. The van der Waals surface area contributed by atoms with Crippen molar-refractivity contribution in [2.24, 2.45) is 0 Å². The van der Waals surface area contributed by atoms with Crippen LogP contribution in [0.15, 0.2) is 34.0 Å². The summed E-state index contributed by atoms with van der Waals surface area (Å²) >= 11 is 0. The molecule has 11 nitrogen and oxygen atoms in total. The van der Waals surface area contributed by atoms with Gasteiger partial charge in [-0.2, -0.15) is 0 Å². The fraction of sp³-hybridized carbons (Fsp3) is 0.333. The number of aromatic hydroxyl groups is 1. The monoisotopic (exact) mass is 439 g/mol. The second kappa shape index (κ2) is 6.82. The summed E-state index contributed by atoms with van der Waals surface area (Å²) in [6.07, 6.45) is 1.28. The Kier molecular flexibility index (Phi) is 4.28. The third kappa shape index (κ3) is 2.93. The van der Waals surface area contributed by atoms with Crippen LogP contribution in [0, 0.1) is 0 Å². The highest BCUT2D eigenvalue weighted by atomic mass is 16.5. The van der Waals surface area contributed by atoms with Gasteiger partial charge in [0, 0.05) is 12.7 Å². The molecular weight excluding hydrogens is 418 g/mol. The van der Waals surface area contributed by atoms with Crippen molar-refractivity contribution in [2.75, 3.05) is 6.61 Å². The van der Waals surface area contributed by atoms with Crippen molar-refractivity contribution in [3.05, 3.63) is 61.9 Å². The molecule has 5 rings (SSSR count). The first kappa shape index (κ1) is 20.1. The zero-order valence-electron chi connectivity index (χ0n) is 17.4. The number of benzene rings is 1. The maximum absolute atomic E-state index is 13.0. The number of nitrogens with zero attached hydrogens (tertiary/aromatic N) is 2. The van der Waals surface area contributed by atoms with E-state index in [-0.39, 0.29) is 36.1 Å². The van der Waals surface area contributed by atoms with Crippen molar-refractivity contribution in [2.45, 2.75) is 38.7 Å². The van der Waals surface area contributed by atoms with Crippen molar-refractivity contribution >= 4 is 22.8 Å². The van der Waals surface area contributed by atoms with Crippen molar-refractivity contribution in [3.63, 3.8) is 0 Å². The highest BCUT2D eigenvalue weighted by Crippen LogP contribution is 2.36. The van der Waals surface area contributed by atoms with Crippen LogP contribution in [-0.4, -0.2) is 54.7 Å². The van der Waals surface area contributed by atoms with E-state index in [1.54, 1.807) is 25.1 Å². The number of imidazole rings is 1. The summed E-state index contributed by atoms with van der Waals surface area (Å²) in [6, 6.07) is 4.94. The number of amides is 2. The highest BCUT2D eigenvalue weighted by Gasteiger charge is 2.50. The molecule has 0 saturated carbocycles. The second-order valence-electron chi connectivity index (χ2n) is 8.35. The summed E-state index contributed by atoms with van der Waals surface area (Å²) in [5.41, 5.74) is -0.669. The number of H-pyrrole nitrogens is 2. The van der Waals surface area contributed by atoms with Crippen LogP contribution in [0.3, 0.4) is 0 Å². The number of nitrogens with one attached hydrogen (secondary N) is 3. The third-order valence-corrected chi connectivity index (χ3v) is 6.01. The van der Waals surface area contributed by atoms with Gasteiger partial charge >= 0.3 is 5.69 Å². The number of pyridine rings is 1. The van der Waals surface area contributed by atoms with E-state index < -0.39 is 28.7 Å². The number of carbonyl (C=O) groups excluding carboxylic acids is 2. The van der Waals surface area contributed by atoms with Gasteiger partial charge in [0.25, 0.3) is 11.8 Å². The quantitative estimate of drug-likeness (QED) is 0.459. The minimum absolute atomic E-state index is 0.0922. The van der Waals surface area contributed by atoms with Crippen LogP contribution in [0.4, 0.5) is 0 Å². The zero-order valence-corrected chi connectivity index (χ0v) is 17.4. The number of aromatic amines is 2. The fourth-order valence-corrected chi connectivity index (χ4v) is 4.51. The summed E-state index contributed by atoms with van der Waals surface area (Å²) in [6.45, 7) is 4.19. The van der Waals surface area contributed by atoms with Gasteiger partial charge in [0.15, 0.2) is 17.2 Å². The lowest BCUT2D eigenvalue weighted by atomic mass is 10.1. The number of carbonyl (C=O) groups is 2. The van der Waals surface area contributed by atoms with E-state index in [9.17, 15) is 24.3 Å². The van der Waals surface area contributed by atoms with Crippen LogP contribution < -0.4 is 16.4 Å². The van der Waals surface area contributed by atoms with Crippen molar-refractivity contribution < 1.29 is 19.4 Å². The van der Waals surface area contributed by atoms with Gasteiger partial charge in [0.1, 0.15) is 5.56 Å². The summed E-state index contributed by atoms with van der Waals surface area (Å²) in [5, 5.41) is 13.1. The molecule has 0 aliphatic carbocycles. The van der Waals surface area contributed by atoms with E-state index in [0.717, 1.165) is 0 Å². The molecule has 2 amide bonds. The largest absolute Gasteiger partial charge is 0.503 e. The van der Waals surface area contributed by atoms with Crippen LogP contribution in [0.5, 0.6) is 5.75 Å². The molecule has 1 fully saturated rings. The van der Waals surface area contributed by atoms with Gasteiger partial charge in [0.05, 0.1) is 30.2 Å². The molecule has 2 aromatic heterocycles. The molecule has 166 valence electrons. The average Bonchev–Trinajstić information content (AvgIpc) is 3.26. The van der Waals surface area contributed by atoms with Crippen molar-refractivity contribution in [1.29, 1.82) is 0 Å². The summed E-state index contributed by atoms with van der Waals surface area (Å²) in [5.74, 6) is -1.96. The van der Waals surface area contributed by atoms with Crippen LogP contribution in [-0.2, 0) is 17.8 Å². The molecule has 4 heterocycles. The first-order valence-electron chi connectivity index (χ1n) is 10.1. The maximum Gasteiger partial charge on any atom is 0.323 e. The lowest BCUT2D eigenvalue weighted by Crippen LogP contribution is -2.56. The van der Waals surface area contributed by atoms with E-state index in [1.165, 1.54) is 15.7 Å². The molecule has 0 spiro atoms. The Morgan fingerprint density at radius 2 is 2.03 bits per heavy atom. The molecule has 1 saturated heterocycles. The Morgan fingerprint density at radius 1 is 1.28 bits per heavy atom. The van der Waals surface area contributed by atoms with Gasteiger partial charge in [0.2, 0.25) is 5.43 Å². The van der Waals surface area contributed by atoms with Gasteiger partial charge < -0.3 is 34.6 Å². The number of hydrogen-bond donors (Lipinski definition) is 4. The first-order chi connectivity index (χ1) is 15.2. The van der Waals surface area contributed by atoms with Gasteiger partial charge in [-0.25, -0.2) is 4.79 Å². The maximum atomic E-state index is 13.0. The average molecular weight is 439 g/mol. The normalized spacial score (nSPS) is 22.1. The molecule has 32 heavy (non-hydrogen) atoms. The SMILES string of the molecule is C[C@H]1CO[C@]2(C)Cn3cc(C(=O)NCc4ccc5[nH]c(=O)[nH]c5c4)c(=O)c(O)c3C(=O)N12. The van der Waals surface area contributed by atoms with Crippen LogP contribution in [0.2, 0.25) is 0 Å². The lowest BCUT2D eigenvalue weighted by Gasteiger charge is -2.41. The van der Waals surface area contributed by atoms with Crippen molar-refractivity contribution in [3.8, 4) is 5.75 Å². The Labute approximate surface area is 180 Å². The van der Waals surface area contributed by atoms with Gasteiger partial charge in [-0.3, -0.25) is 14.4 Å². The number of rotatable bonds is 3. The molecule has 0 bridgehead atoms. The van der Waals surface area contributed by atoms with Gasteiger partial charge in [-0.05, 0) is 31.5 Å². The third-order valence-electron chi connectivity index (χ3n) is 6.01. The van der Waals surface area contributed by atoms with E-state index >= 15 is 0 Å². The molecule has 3 aromatic rings.